The fraction of sp³-hybridized carbons (Fsp3) is 0.273. The van der Waals surface area contributed by atoms with Crippen molar-refractivity contribution >= 4 is 63.9 Å². The molecule has 0 unspecified atom stereocenters. The third-order valence-electron chi connectivity index (χ3n) is 4.89. The number of nitrogens with one attached hydrogen (secondary N) is 2. The minimum atomic E-state index is -0.340. The van der Waals surface area contributed by atoms with Crippen LogP contribution in [0.4, 0.5) is 11.4 Å². The molecular formula is C22H23Cl2N3OS. The van der Waals surface area contributed by atoms with Crippen molar-refractivity contribution in [2.45, 2.75) is 19.8 Å². The van der Waals surface area contributed by atoms with Gasteiger partial charge in [-0.15, -0.1) is 0 Å². The van der Waals surface area contributed by atoms with Gasteiger partial charge >= 0.3 is 0 Å². The third kappa shape index (κ3) is 6.46. The number of rotatable bonds is 4. The van der Waals surface area contributed by atoms with Crippen LogP contribution in [0.25, 0.3) is 6.08 Å². The monoisotopic (exact) mass is 447 g/mol. The zero-order valence-corrected chi connectivity index (χ0v) is 18.4. The highest BCUT2D eigenvalue weighted by Crippen LogP contribution is 2.24. The summed E-state index contributed by atoms with van der Waals surface area (Å²) in [6.45, 7) is 4.48. The average Bonchev–Trinajstić information content (AvgIpc) is 2.68. The van der Waals surface area contributed by atoms with Gasteiger partial charge in [0, 0.05) is 40.6 Å². The van der Waals surface area contributed by atoms with Crippen molar-refractivity contribution in [1.29, 1.82) is 0 Å². The first-order chi connectivity index (χ1) is 13.9. The largest absolute Gasteiger partial charge is 0.372 e. The summed E-state index contributed by atoms with van der Waals surface area (Å²) in [5.41, 5.74) is 2.74. The number of hydrogen-bond acceptors (Lipinski definition) is 3. The maximum absolute atomic E-state index is 12.1. The van der Waals surface area contributed by atoms with Crippen molar-refractivity contribution in [1.82, 2.24) is 5.32 Å². The molecule has 1 fully saturated rings. The molecule has 152 valence electrons. The van der Waals surface area contributed by atoms with E-state index in [1.165, 1.54) is 24.6 Å². The number of benzene rings is 2. The van der Waals surface area contributed by atoms with Gasteiger partial charge in [-0.2, -0.15) is 0 Å². The maximum Gasteiger partial charge on any atom is 0.250 e. The lowest BCUT2D eigenvalue weighted by atomic mass is 9.99. The summed E-state index contributed by atoms with van der Waals surface area (Å²) in [5.74, 6) is 0.463. The zero-order chi connectivity index (χ0) is 20.8. The van der Waals surface area contributed by atoms with Gasteiger partial charge in [0.2, 0.25) is 5.91 Å². The highest BCUT2D eigenvalue weighted by Gasteiger charge is 2.15. The van der Waals surface area contributed by atoms with Gasteiger partial charge < -0.3 is 10.2 Å². The van der Waals surface area contributed by atoms with Crippen molar-refractivity contribution < 1.29 is 4.79 Å². The van der Waals surface area contributed by atoms with Crippen molar-refractivity contribution in [3.63, 3.8) is 0 Å². The molecule has 2 N–H and O–H groups in total. The molecule has 2 aromatic rings. The van der Waals surface area contributed by atoms with Crippen molar-refractivity contribution in [3.05, 3.63) is 64.1 Å². The molecule has 1 aliphatic heterocycles. The first-order valence-corrected chi connectivity index (χ1v) is 10.7. The summed E-state index contributed by atoms with van der Waals surface area (Å²) in [6, 6.07) is 13.2. The smallest absolute Gasteiger partial charge is 0.250 e. The summed E-state index contributed by atoms with van der Waals surface area (Å²) in [4.78, 5) is 14.5. The van der Waals surface area contributed by atoms with Gasteiger partial charge in [0.1, 0.15) is 0 Å². The van der Waals surface area contributed by atoms with Gasteiger partial charge in [-0.3, -0.25) is 10.1 Å². The number of nitrogens with zero attached hydrogens (tertiary/aromatic N) is 1. The second kappa shape index (κ2) is 10.1. The molecule has 0 bridgehead atoms. The second-order valence-corrected chi connectivity index (χ2v) is 8.41. The van der Waals surface area contributed by atoms with E-state index in [4.69, 9.17) is 35.4 Å². The number of carbonyl (C=O) groups is 1. The molecule has 7 heteroatoms. The lowest BCUT2D eigenvalue weighted by molar-refractivity contribution is -0.115. The van der Waals surface area contributed by atoms with Crippen LogP contribution in [0.1, 0.15) is 25.3 Å². The number of halogens is 2. The normalized spacial score (nSPS) is 14.8. The molecule has 0 spiro atoms. The van der Waals surface area contributed by atoms with E-state index < -0.39 is 0 Å². The van der Waals surface area contributed by atoms with Crippen LogP contribution in [0.3, 0.4) is 0 Å². The topological polar surface area (TPSA) is 44.4 Å². The van der Waals surface area contributed by atoms with Crippen LogP contribution >= 0.6 is 35.4 Å². The molecule has 0 radical (unpaired) electrons. The fourth-order valence-electron chi connectivity index (χ4n) is 3.14. The Morgan fingerprint density at radius 1 is 1.14 bits per heavy atom. The molecule has 3 rings (SSSR count). The number of thiocarbonyl (C=S) groups is 1. The Kier molecular flexibility index (Phi) is 7.53. The standard InChI is InChI=1S/C22H23Cl2N3OS/c1-15-10-12-27(13-11-15)19-7-5-18(6-8-19)25-22(29)26-21(28)9-3-16-2-4-17(23)14-20(16)24/h2-9,14-15H,10-13H2,1H3,(H2,25,26,28,29)/b9-3+. The third-order valence-corrected chi connectivity index (χ3v) is 5.65. The molecule has 1 heterocycles. The molecule has 0 aliphatic carbocycles. The Morgan fingerprint density at radius 3 is 2.48 bits per heavy atom. The molecular weight excluding hydrogens is 425 g/mol. The number of piperidine rings is 1. The lowest BCUT2D eigenvalue weighted by Crippen LogP contribution is -2.33. The number of hydrogen-bond donors (Lipinski definition) is 2. The Labute approximate surface area is 186 Å². The van der Waals surface area contributed by atoms with Crippen LogP contribution < -0.4 is 15.5 Å². The quantitative estimate of drug-likeness (QED) is 0.462. The van der Waals surface area contributed by atoms with E-state index in [0.717, 1.165) is 24.7 Å². The molecule has 1 aliphatic rings. The highest BCUT2D eigenvalue weighted by atomic mass is 35.5. The van der Waals surface area contributed by atoms with Gasteiger partial charge in [-0.05, 0) is 79.0 Å². The minimum Gasteiger partial charge on any atom is -0.372 e. The molecule has 1 amide bonds. The fourth-order valence-corrected chi connectivity index (χ4v) is 3.83. The molecule has 1 saturated heterocycles. The van der Waals surface area contributed by atoms with Crippen LogP contribution in [0.5, 0.6) is 0 Å². The summed E-state index contributed by atoms with van der Waals surface area (Å²) in [6.07, 6.45) is 5.45. The number of anilines is 2. The highest BCUT2D eigenvalue weighted by molar-refractivity contribution is 7.80. The molecule has 29 heavy (non-hydrogen) atoms. The summed E-state index contributed by atoms with van der Waals surface area (Å²) < 4.78 is 0. The Bertz CT molecular complexity index is 907. The Balaban J connectivity index is 1.51. The second-order valence-electron chi connectivity index (χ2n) is 7.16. The zero-order valence-electron chi connectivity index (χ0n) is 16.1. The van der Waals surface area contributed by atoms with Gasteiger partial charge in [0.25, 0.3) is 0 Å². The van der Waals surface area contributed by atoms with Crippen LogP contribution in [-0.4, -0.2) is 24.1 Å². The van der Waals surface area contributed by atoms with Crippen LogP contribution in [0.15, 0.2) is 48.5 Å². The van der Waals surface area contributed by atoms with Crippen LogP contribution in [0, 0.1) is 5.92 Å². The predicted molar refractivity (Wildman–Crippen MR) is 127 cm³/mol. The molecule has 4 nitrogen and oxygen atoms in total. The number of amides is 1. The Morgan fingerprint density at radius 2 is 1.83 bits per heavy atom. The number of carbonyl (C=O) groups excluding carboxylic acids is 1. The van der Waals surface area contributed by atoms with Crippen LogP contribution in [-0.2, 0) is 4.79 Å². The van der Waals surface area contributed by atoms with Crippen molar-refractivity contribution in [3.8, 4) is 0 Å². The van der Waals surface area contributed by atoms with E-state index in [9.17, 15) is 4.79 Å². The average molecular weight is 448 g/mol. The van der Waals surface area contributed by atoms with E-state index in [0.29, 0.717) is 15.6 Å². The van der Waals surface area contributed by atoms with Crippen molar-refractivity contribution in [2.24, 2.45) is 5.92 Å². The Hall–Kier alpha value is -2.08. The van der Waals surface area contributed by atoms with Crippen molar-refractivity contribution in [2.75, 3.05) is 23.3 Å². The molecule has 2 aromatic carbocycles. The summed E-state index contributed by atoms with van der Waals surface area (Å²) >= 11 is 17.2. The van der Waals surface area contributed by atoms with E-state index in [1.54, 1.807) is 24.3 Å². The van der Waals surface area contributed by atoms with Gasteiger partial charge in [-0.1, -0.05) is 36.2 Å². The SMILES string of the molecule is CC1CCN(c2ccc(NC(=S)NC(=O)/C=C/c3ccc(Cl)cc3Cl)cc2)CC1. The summed E-state index contributed by atoms with van der Waals surface area (Å²) in [5, 5.41) is 6.92. The maximum atomic E-state index is 12.1. The lowest BCUT2D eigenvalue weighted by Gasteiger charge is -2.32. The molecule has 0 aromatic heterocycles. The van der Waals surface area contributed by atoms with Gasteiger partial charge in [0.15, 0.2) is 5.11 Å². The molecule has 0 atom stereocenters. The van der Waals surface area contributed by atoms with E-state index in [1.807, 2.05) is 12.1 Å². The van der Waals surface area contributed by atoms with E-state index in [2.05, 4.69) is 34.6 Å². The first-order valence-electron chi connectivity index (χ1n) is 9.51. The van der Waals surface area contributed by atoms with E-state index in [-0.39, 0.29) is 11.0 Å². The van der Waals surface area contributed by atoms with Crippen LogP contribution in [0.2, 0.25) is 10.0 Å². The summed E-state index contributed by atoms with van der Waals surface area (Å²) in [7, 11) is 0. The van der Waals surface area contributed by atoms with Gasteiger partial charge in [-0.25, -0.2) is 0 Å². The minimum absolute atomic E-state index is 0.237. The predicted octanol–water partition coefficient (Wildman–Crippen LogP) is 5.76. The van der Waals surface area contributed by atoms with Gasteiger partial charge in [0.05, 0.1) is 0 Å². The molecule has 0 saturated carbocycles. The first kappa shape index (κ1) is 21.6. The van der Waals surface area contributed by atoms with E-state index >= 15 is 0 Å².